The maximum absolute atomic E-state index is 14.7. The van der Waals surface area contributed by atoms with Crippen LogP contribution in [-0.2, 0) is 23.1 Å². The quantitative estimate of drug-likeness (QED) is 0.238. The number of carbonyl (C=O) groups is 1. The number of piperidine rings is 1. The molecule has 3 fully saturated rings. The van der Waals surface area contributed by atoms with Crippen molar-refractivity contribution in [2.75, 3.05) is 32.6 Å². The van der Waals surface area contributed by atoms with Crippen LogP contribution in [0.1, 0.15) is 52.7 Å². The molecule has 0 radical (unpaired) electrons. The fourth-order valence-electron chi connectivity index (χ4n) is 9.98. The van der Waals surface area contributed by atoms with Crippen LogP contribution in [0.5, 0.6) is 11.5 Å². The van der Waals surface area contributed by atoms with Gasteiger partial charge in [0.1, 0.15) is 11.7 Å². The van der Waals surface area contributed by atoms with Gasteiger partial charge in [-0.15, -0.1) is 0 Å². The van der Waals surface area contributed by atoms with Gasteiger partial charge in [-0.2, -0.15) is 0 Å². The largest absolute Gasteiger partial charge is 0.493 e. The van der Waals surface area contributed by atoms with Gasteiger partial charge in [0.15, 0.2) is 17.3 Å². The molecule has 44 heavy (non-hydrogen) atoms. The molecule has 1 N–H and O–H groups in total. The number of ketones is 1. The first-order chi connectivity index (χ1) is 21.5. The molecule has 6 atom stereocenters. The maximum atomic E-state index is 14.7. The molecule has 2 saturated carbocycles. The molecule has 5 aliphatic carbocycles. The highest BCUT2D eigenvalue weighted by Gasteiger charge is 2.80. The third-order valence-corrected chi connectivity index (χ3v) is 12.1. The van der Waals surface area contributed by atoms with Crippen molar-refractivity contribution < 1.29 is 19.0 Å². The molecule has 226 valence electrons. The van der Waals surface area contributed by atoms with Crippen LogP contribution in [0.25, 0.3) is 0 Å². The summed E-state index contributed by atoms with van der Waals surface area (Å²) in [5, 5.41) is 3.49. The minimum absolute atomic E-state index is 0.143. The first-order valence-electron chi connectivity index (χ1n) is 16.3. The zero-order valence-corrected chi connectivity index (χ0v) is 25.6. The lowest BCUT2D eigenvalue weighted by Crippen LogP contribution is -2.79. The number of benzene rings is 3. The van der Waals surface area contributed by atoms with Gasteiger partial charge in [-0.1, -0.05) is 48.6 Å². The van der Waals surface area contributed by atoms with Crippen LogP contribution in [0.3, 0.4) is 0 Å². The molecule has 7 aliphatic rings. The monoisotopic (exact) mass is 588 g/mol. The third kappa shape index (κ3) is 3.41. The molecule has 1 saturated heterocycles. The number of ether oxygens (including phenoxy) is 3. The van der Waals surface area contributed by atoms with E-state index in [0.717, 1.165) is 67.6 Å². The number of fused-ring (bicyclic) bond motifs is 1. The second-order valence-electron chi connectivity index (χ2n) is 14.0. The van der Waals surface area contributed by atoms with E-state index in [1.807, 2.05) is 30.3 Å². The number of rotatable bonds is 9. The molecule has 2 spiro atoms. The Labute approximate surface area is 259 Å². The normalized spacial score (nSPS) is 33.9. The molecule has 2 heterocycles. The number of likely N-dealkylation sites (tertiary alicyclic amines) is 1. The van der Waals surface area contributed by atoms with Crippen molar-refractivity contribution in [1.29, 1.82) is 0 Å². The van der Waals surface area contributed by atoms with E-state index in [9.17, 15) is 4.79 Å². The summed E-state index contributed by atoms with van der Waals surface area (Å²) in [4.78, 5) is 17.4. The zero-order chi connectivity index (χ0) is 29.7. The predicted molar refractivity (Wildman–Crippen MR) is 169 cm³/mol. The van der Waals surface area contributed by atoms with Crippen LogP contribution in [0.2, 0.25) is 0 Å². The van der Waals surface area contributed by atoms with Crippen LogP contribution in [0.4, 0.5) is 5.69 Å². The summed E-state index contributed by atoms with van der Waals surface area (Å²) in [5.74, 6) is 2.27. The predicted octanol–water partition coefficient (Wildman–Crippen LogP) is 6.19. The molecule has 6 nitrogen and oxygen atoms in total. The van der Waals surface area contributed by atoms with Crippen molar-refractivity contribution in [3.8, 4) is 11.5 Å². The van der Waals surface area contributed by atoms with Crippen molar-refractivity contribution in [1.82, 2.24) is 4.90 Å². The van der Waals surface area contributed by atoms with Gasteiger partial charge >= 0.3 is 0 Å². The van der Waals surface area contributed by atoms with Crippen molar-refractivity contribution >= 4 is 11.5 Å². The van der Waals surface area contributed by atoms with Crippen molar-refractivity contribution in [2.45, 2.75) is 61.8 Å². The van der Waals surface area contributed by atoms with Gasteiger partial charge in [-0.25, -0.2) is 0 Å². The number of anilines is 1. The third-order valence-electron chi connectivity index (χ3n) is 12.1. The lowest BCUT2D eigenvalue weighted by atomic mass is 9.36. The molecule has 0 unspecified atom stereocenters. The first kappa shape index (κ1) is 26.8. The molecule has 2 aliphatic heterocycles. The maximum Gasteiger partial charge on any atom is 0.169 e. The van der Waals surface area contributed by atoms with E-state index in [4.69, 9.17) is 14.2 Å². The number of hydrogen-bond donors (Lipinski definition) is 1. The van der Waals surface area contributed by atoms with Crippen LogP contribution in [-0.4, -0.2) is 55.7 Å². The summed E-state index contributed by atoms with van der Waals surface area (Å²) in [6, 6.07) is 23.0. The van der Waals surface area contributed by atoms with E-state index >= 15 is 0 Å². The topological polar surface area (TPSA) is 60.0 Å². The van der Waals surface area contributed by atoms with Crippen molar-refractivity contribution in [2.24, 2.45) is 17.3 Å². The van der Waals surface area contributed by atoms with Gasteiger partial charge in [0.05, 0.1) is 18.4 Å². The second kappa shape index (κ2) is 9.45. The SMILES string of the molecule is COc1ccc2c3c1O[C@H]1[C@@]4(OC)C=C[C@@]5(C[C@@H]4C(=O)c4ccc(NCc6ccccc6)cc4)[C@@H](C2)N(CC2CC2)CC[C@]315. The van der Waals surface area contributed by atoms with Crippen LogP contribution in [0, 0.1) is 17.3 Å². The van der Waals surface area contributed by atoms with Gasteiger partial charge in [0.2, 0.25) is 0 Å². The van der Waals surface area contributed by atoms with Gasteiger partial charge in [-0.05, 0) is 86.0 Å². The molecular formula is C38H40N2O4. The highest BCUT2D eigenvalue weighted by atomic mass is 16.6. The summed E-state index contributed by atoms with van der Waals surface area (Å²) in [6.07, 6.45) is 9.85. The smallest absolute Gasteiger partial charge is 0.169 e. The molecule has 4 bridgehead atoms. The van der Waals surface area contributed by atoms with Gasteiger partial charge in [0.25, 0.3) is 0 Å². The van der Waals surface area contributed by atoms with Gasteiger partial charge < -0.3 is 19.5 Å². The molecule has 0 amide bonds. The number of Topliss-reactive ketones (excluding diaryl/α,β-unsaturated/α-hetero) is 1. The fraction of sp³-hybridized carbons (Fsp3) is 0.447. The number of nitrogens with zero attached hydrogens (tertiary/aromatic N) is 1. The summed E-state index contributed by atoms with van der Waals surface area (Å²) < 4.78 is 19.5. The lowest BCUT2D eigenvalue weighted by Gasteiger charge is -2.71. The Morgan fingerprint density at radius 1 is 1.02 bits per heavy atom. The van der Waals surface area contributed by atoms with E-state index < -0.39 is 5.60 Å². The summed E-state index contributed by atoms with van der Waals surface area (Å²) in [6.45, 7) is 2.96. The fourth-order valence-corrected chi connectivity index (χ4v) is 9.98. The summed E-state index contributed by atoms with van der Waals surface area (Å²) in [5.41, 5.74) is 4.37. The number of hydrogen-bond acceptors (Lipinski definition) is 6. The first-order valence-corrected chi connectivity index (χ1v) is 16.3. The van der Waals surface area contributed by atoms with E-state index in [2.05, 4.69) is 58.8 Å². The van der Waals surface area contributed by atoms with E-state index in [-0.39, 0.29) is 28.6 Å². The Morgan fingerprint density at radius 2 is 1.84 bits per heavy atom. The van der Waals surface area contributed by atoms with Gasteiger partial charge in [0, 0.05) is 48.5 Å². The van der Waals surface area contributed by atoms with Gasteiger partial charge in [-0.3, -0.25) is 9.69 Å². The Kier molecular flexibility index (Phi) is 5.75. The van der Waals surface area contributed by atoms with Crippen molar-refractivity contribution in [3.63, 3.8) is 0 Å². The lowest BCUT2D eigenvalue weighted by molar-refractivity contribution is -0.206. The Balaban J connectivity index is 1.11. The zero-order valence-electron chi connectivity index (χ0n) is 25.6. The second-order valence-corrected chi connectivity index (χ2v) is 14.0. The molecule has 3 aromatic rings. The molecule has 0 aromatic heterocycles. The molecular weight excluding hydrogens is 548 g/mol. The highest BCUT2D eigenvalue weighted by Crippen LogP contribution is 2.75. The Hall–Kier alpha value is -3.61. The summed E-state index contributed by atoms with van der Waals surface area (Å²) >= 11 is 0. The molecule has 3 aromatic carbocycles. The van der Waals surface area contributed by atoms with Crippen LogP contribution < -0.4 is 14.8 Å². The van der Waals surface area contributed by atoms with Crippen molar-refractivity contribution in [3.05, 3.63) is 101 Å². The average molecular weight is 589 g/mol. The highest BCUT2D eigenvalue weighted by molar-refractivity contribution is 6.00. The minimum Gasteiger partial charge on any atom is -0.493 e. The number of carbonyl (C=O) groups excluding carboxylic acids is 1. The Morgan fingerprint density at radius 3 is 2.59 bits per heavy atom. The standard InChI is InChI=1S/C38H40N2O4/c1-42-30-15-12-27-20-31-36-16-17-38(43-2,35-37(36,32(27)34(30)44-35)18-19-40(31)23-25-8-9-25)29(21-36)33(41)26-10-13-28(14-11-26)39-22-24-6-4-3-5-7-24/h3-7,10-17,25,29,31,35,39H,8-9,18-23H2,1-2H3/t29-,31-,35-,36-,37+,38-/m1/s1. The van der Waals surface area contributed by atoms with E-state index in [0.29, 0.717) is 6.04 Å². The Bertz CT molecular complexity index is 1670. The van der Waals surface area contributed by atoms with E-state index in [1.54, 1.807) is 14.2 Å². The number of nitrogens with one attached hydrogen (secondary N) is 1. The molecule has 6 heteroatoms. The van der Waals surface area contributed by atoms with Crippen LogP contribution >= 0.6 is 0 Å². The van der Waals surface area contributed by atoms with Crippen LogP contribution in [0.15, 0.2) is 78.9 Å². The van der Waals surface area contributed by atoms with E-state index in [1.165, 1.54) is 29.5 Å². The molecule has 10 rings (SSSR count). The number of methoxy groups -OCH3 is 2. The average Bonchev–Trinajstić information content (AvgIpc) is 3.82. The minimum atomic E-state index is -0.856. The summed E-state index contributed by atoms with van der Waals surface area (Å²) in [7, 11) is 3.49.